The summed E-state index contributed by atoms with van der Waals surface area (Å²) in [5.41, 5.74) is 0.689. The molecule has 0 N–H and O–H groups in total. The molecule has 2 aromatic carbocycles. The average Bonchev–Trinajstić information content (AvgIpc) is 3.04. The fourth-order valence-electron chi connectivity index (χ4n) is 3.91. The highest BCUT2D eigenvalue weighted by atomic mass is 19.4. The minimum Gasteiger partial charge on any atom is -0.371 e. The van der Waals surface area contributed by atoms with E-state index in [9.17, 15) is 22.0 Å². The van der Waals surface area contributed by atoms with Crippen molar-refractivity contribution < 1.29 is 22.0 Å². The Morgan fingerprint density at radius 3 is 2.29 bits per heavy atom. The van der Waals surface area contributed by atoms with E-state index >= 15 is 0 Å². The molecule has 28 heavy (non-hydrogen) atoms. The van der Waals surface area contributed by atoms with Gasteiger partial charge in [-0.1, -0.05) is 12.1 Å². The Labute approximate surface area is 159 Å². The van der Waals surface area contributed by atoms with E-state index in [-0.39, 0.29) is 12.1 Å². The van der Waals surface area contributed by atoms with Crippen LogP contribution in [0.2, 0.25) is 0 Å². The zero-order valence-electron chi connectivity index (χ0n) is 15.1. The first-order valence-corrected chi connectivity index (χ1v) is 9.23. The molecular formula is C21H19F5N2. The first-order valence-electron chi connectivity index (χ1n) is 9.23. The molecule has 3 aromatic rings. The molecular weight excluding hydrogens is 375 g/mol. The van der Waals surface area contributed by atoms with Crippen LogP contribution < -0.4 is 4.90 Å². The summed E-state index contributed by atoms with van der Waals surface area (Å²) in [6.07, 6.45) is -1.41. The van der Waals surface area contributed by atoms with Crippen molar-refractivity contribution >= 4 is 16.6 Å². The summed E-state index contributed by atoms with van der Waals surface area (Å²) in [5.74, 6) is -2.10. The lowest BCUT2D eigenvalue weighted by molar-refractivity contribution is -0.143. The van der Waals surface area contributed by atoms with Crippen molar-refractivity contribution in [3.8, 4) is 0 Å². The summed E-state index contributed by atoms with van der Waals surface area (Å²) in [7, 11) is 0. The minimum atomic E-state index is -4.56. The van der Waals surface area contributed by atoms with Crippen LogP contribution in [0.15, 0.2) is 42.5 Å². The van der Waals surface area contributed by atoms with Crippen LogP contribution in [0.3, 0.4) is 0 Å². The maximum atomic E-state index is 13.7. The normalized spacial score (nSPS) is 15.4. The number of benzene rings is 2. The zero-order chi connectivity index (χ0) is 19.9. The van der Waals surface area contributed by atoms with Crippen LogP contribution >= 0.6 is 0 Å². The third-order valence-corrected chi connectivity index (χ3v) is 5.23. The SMILES string of the molecule is Fc1ccc(Cn2c(C(F)(F)F)cc3c(N4CCCCC4)cccc32)cc1F. The van der Waals surface area contributed by atoms with E-state index in [0.29, 0.717) is 10.9 Å². The lowest BCUT2D eigenvalue weighted by Gasteiger charge is -2.29. The molecule has 0 atom stereocenters. The number of hydrogen-bond acceptors (Lipinski definition) is 1. The predicted molar refractivity (Wildman–Crippen MR) is 98.5 cm³/mol. The molecule has 1 aliphatic rings. The molecule has 0 amide bonds. The quantitative estimate of drug-likeness (QED) is 0.497. The van der Waals surface area contributed by atoms with E-state index in [4.69, 9.17) is 0 Å². The Bertz CT molecular complexity index is 1000. The van der Waals surface area contributed by atoms with E-state index in [0.717, 1.165) is 54.7 Å². The van der Waals surface area contributed by atoms with Gasteiger partial charge in [-0.25, -0.2) is 8.78 Å². The molecule has 7 heteroatoms. The van der Waals surface area contributed by atoms with Gasteiger partial charge in [0.1, 0.15) is 5.69 Å². The summed E-state index contributed by atoms with van der Waals surface area (Å²) >= 11 is 0. The van der Waals surface area contributed by atoms with Crippen molar-refractivity contribution in [2.24, 2.45) is 0 Å². The van der Waals surface area contributed by atoms with Crippen LogP contribution in [0.5, 0.6) is 0 Å². The van der Waals surface area contributed by atoms with Gasteiger partial charge in [0.05, 0.1) is 5.52 Å². The van der Waals surface area contributed by atoms with Crippen molar-refractivity contribution in [3.63, 3.8) is 0 Å². The Morgan fingerprint density at radius 1 is 0.857 bits per heavy atom. The standard InChI is InChI=1S/C21H19F5N2/c22-16-8-7-14(11-17(16)23)13-28-19-6-4-5-18(27-9-2-1-3-10-27)15(19)12-20(28)21(24,25)26/h4-8,11-12H,1-3,9-10,13H2. The van der Waals surface area contributed by atoms with Gasteiger partial charge >= 0.3 is 6.18 Å². The first kappa shape index (κ1) is 18.8. The predicted octanol–water partition coefficient (Wildman–Crippen LogP) is 5.98. The molecule has 1 aromatic heterocycles. The third-order valence-electron chi connectivity index (χ3n) is 5.23. The number of fused-ring (bicyclic) bond motifs is 1. The van der Waals surface area contributed by atoms with E-state index in [1.54, 1.807) is 12.1 Å². The number of nitrogens with zero attached hydrogens (tertiary/aromatic N) is 2. The number of aromatic nitrogens is 1. The monoisotopic (exact) mass is 394 g/mol. The number of hydrogen-bond donors (Lipinski definition) is 0. The number of rotatable bonds is 3. The van der Waals surface area contributed by atoms with Gasteiger partial charge in [-0.05, 0) is 55.2 Å². The smallest absolute Gasteiger partial charge is 0.371 e. The van der Waals surface area contributed by atoms with Gasteiger partial charge in [0.15, 0.2) is 11.6 Å². The number of anilines is 1. The van der Waals surface area contributed by atoms with Crippen LogP contribution in [0.1, 0.15) is 30.5 Å². The lowest BCUT2D eigenvalue weighted by atomic mass is 10.1. The van der Waals surface area contributed by atoms with Gasteiger partial charge in [0.25, 0.3) is 0 Å². The third kappa shape index (κ3) is 3.45. The summed E-state index contributed by atoms with van der Waals surface area (Å²) in [4.78, 5) is 2.12. The first-order chi connectivity index (χ1) is 13.3. The van der Waals surface area contributed by atoms with Crippen molar-refractivity contribution in [2.45, 2.75) is 32.0 Å². The Kier molecular flexibility index (Phi) is 4.77. The van der Waals surface area contributed by atoms with Gasteiger partial charge in [-0.3, -0.25) is 0 Å². The van der Waals surface area contributed by atoms with Gasteiger partial charge in [-0.2, -0.15) is 13.2 Å². The zero-order valence-corrected chi connectivity index (χ0v) is 15.1. The summed E-state index contributed by atoms with van der Waals surface area (Å²) in [6.45, 7) is 1.43. The van der Waals surface area contributed by atoms with Crippen molar-refractivity contribution in [1.29, 1.82) is 0 Å². The molecule has 1 fully saturated rings. The van der Waals surface area contributed by atoms with Crippen LogP contribution in [0.4, 0.5) is 27.6 Å². The van der Waals surface area contributed by atoms with Gasteiger partial charge in [0.2, 0.25) is 0 Å². The van der Waals surface area contributed by atoms with Crippen molar-refractivity contribution in [3.05, 3.63) is 65.4 Å². The van der Waals surface area contributed by atoms with E-state index in [2.05, 4.69) is 4.90 Å². The van der Waals surface area contributed by atoms with Crippen LogP contribution in [0.25, 0.3) is 10.9 Å². The molecule has 4 rings (SSSR count). The largest absolute Gasteiger partial charge is 0.431 e. The number of alkyl halides is 3. The number of halogens is 5. The van der Waals surface area contributed by atoms with E-state index in [1.165, 1.54) is 12.1 Å². The highest BCUT2D eigenvalue weighted by molar-refractivity contribution is 5.94. The fourth-order valence-corrected chi connectivity index (χ4v) is 3.91. The molecule has 1 saturated heterocycles. The Hall–Kier alpha value is -2.57. The van der Waals surface area contributed by atoms with E-state index < -0.39 is 23.5 Å². The highest BCUT2D eigenvalue weighted by Gasteiger charge is 2.36. The molecule has 0 radical (unpaired) electrons. The highest BCUT2D eigenvalue weighted by Crippen LogP contribution is 2.38. The topological polar surface area (TPSA) is 8.17 Å². The summed E-state index contributed by atoms with van der Waals surface area (Å²) in [6, 6.07) is 9.57. The Balaban J connectivity index is 1.84. The second kappa shape index (κ2) is 7.11. The van der Waals surface area contributed by atoms with E-state index in [1.807, 2.05) is 6.07 Å². The van der Waals surface area contributed by atoms with Crippen molar-refractivity contribution in [1.82, 2.24) is 4.57 Å². The molecule has 2 nitrogen and oxygen atoms in total. The minimum absolute atomic E-state index is 0.195. The van der Waals surface area contributed by atoms with Crippen LogP contribution in [-0.4, -0.2) is 17.7 Å². The molecule has 0 saturated carbocycles. The van der Waals surface area contributed by atoms with Crippen LogP contribution in [-0.2, 0) is 12.7 Å². The fraction of sp³-hybridized carbons (Fsp3) is 0.333. The average molecular weight is 394 g/mol. The molecule has 0 aliphatic carbocycles. The molecule has 0 unspecified atom stereocenters. The molecule has 0 bridgehead atoms. The van der Waals surface area contributed by atoms with Crippen LogP contribution in [0, 0.1) is 11.6 Å². The summed E-state index contributed by atoms with van der Waals surface area (Å²) in [5, 5.41) is 0.527. The molecule has 0 spiro atoms. The van der Waals surface area contributed by atoms with Gasteiger partial charge in [-0.15, -0.1) is 0 Å². The second-order valence-electron chi connectivity index (χ2n) is 7.12. The maximum absolute atomic E-state index is 13.7. The van der Waals surface area contributed by atoms with Gasteiger partial charge in [0, 0.05) is 30.7 Å². The summed E-state index contributed by atoms with van der Waals surface area (Å²) < 4.78 is 69.1. The molecule has 1 aliphatic heterocycles. The number of piperidine rings is 1. The maximum Gasteiger partial charge on any atom is 0.431 e. The Morgan fingerprint density at radius 2 is 1.61 bits per heavy atom. The molecule has 2 heterocycles. The van der Waals surface area contributed by atoms with Crippen molar-refractivity contribution in [2.75, 3.05) is 18.0 Å². The van der Waals surface area contributed by atoms with Gasteiger partial charge < -0.3 is 9.47 Å². The molecule has 148 valence electrons. The lowest BCUT2D eigenvalue weighted by Crippen LogP contribution is -2.29. The second-order valence-corrected chi connectivity index (χ2v) is 7.12.